The van der Waals surface area contributed by atoms with E-state index in [1.807, 2.05) is 9.80 Å². The number of likely N-dealkylation sites (tertiary alicyclic amines) is 1. The number of piperazine rings is 1. The molecule has 0 saturated carbocycles. The summed E-state index contributed by atoms with van der Waals surface area (Å²) in [6.45, 7) is 7.58. The lowest BCUT2D eigenvalue weighted by molar-refractivity contribution is -0.137. The van der Waals surface area contributed by atoms with Crippen LogP contribution in [0.2, 0.25) is 0 Å². The second-order valence-corrected chi connectivity index (χ2v) is 8.00. The lowest BCUT2D eigenvalue weighted by Gasteiger charge is -2.43. The molecule has 0 aromatic rings. The normalized spacial score (nSPS) is 24.0. The van der Waals surface area contributed by atoms with Crippen molar-refractivity contribution in [2.45, 2.75) is 51.0 Å². The van der Waals surface area contributed by atoms with Crippen molar-refractivity contribution in [3.05, 3.63) is 0 Å². The van der Waals surface area contributed by atoms with Crippen LogP contribution < -0.4 is 5.32 Å². The molecule has 0 atom stereocenters. The van der Waals surface area contributed by atoms with E-state index in [1.165, 1.54) is 12.8 Å². The highest BCUT2D eigenvalue weighted by Crippen LogP contribution is 2.24. The Morgan fingerprint density at radius 2 is 1.50 bits per heavy atom. The number of carbonyl (C=O) groups is 2. The van der Waals surface area contributed by atoms with Crippen molar-refractivity contribution in [1.82, 2.24) is 20.0 Å². The maximum Gasteiger partial charge on any atom is 0.320 e. The van der Waals surface area contributed by atoms with Crippen LogP contribution in [-0.4, -0.2) is 90.2 Å². The predicted octanol–water partition coefficient (Wildman–Crippen LogP) is 1.44. The fourth-order valence-electron chi connectivity index (χ4n) is 4.61. The maximum atomic E-state index is 12.8. The van der Waals surface area contributed by atoms with E-state index in [1.54, 1.807) is 0 Å². The van der Waals surface area contributed by atoms with Gasteiger partial charge in [-0.05, 0) is 57.5 Å². The number of rotatable bonds is 5. The van der Waals surface area contributed by atoms with E-state index in [0.717, 1.165) is 78.0 Å². The fourth-order valence-corrected chi connectivity index (χ4v) is 4.61. The first-order valence-corrected chi connectivity index (χ1v) is 10.3. The molecule has 3 aliphatic heterocycles. The van der Waals surface area contributed by atoms with Crippen molar-refractivity contribution < 1.29 is 14.7 Å². The van der Waals surface area contributed by atoms with Crippen LogP contribution in [0.3, 0.4) is 0 Å². The van der Waals surface area contributed by atoms with Crippen LogP contribution in [0.4, 0.5) is 4.79 Å². The van der Waals surface area contributed by atoms with Crippen molar-refractivity contribution in [1.29, 1.82) is 0 Å². The van der Waals surface area contributed by atoms with Crippen LogP contribution in [0, 0.1) is 5.92 Å². The van der Waals surface area contributed by atoms with Gasteiger partial charge in [0.2, 0.25) is 0 Å². The van der Waals surface area contributed by atoms with Crippen molar-refractivity contribution in [3.63, 3.8) is 0 Å². The first kappa shape index (κ1) is 19.4. The quantitative estimate of drug-likeness (QED) is 0.770. The van der Waals surface area contributed by atoms with Crippen molar-refractivity contribution >= 4 is 12.0 Å². The third kappa shape index (κ3) is 5.33. The molecule has 0 radical (unpaired) electrons. The van der Waals surface area contributed by atoms with Gasteiger partial charge >= 0.3 is 12.0 Å². The molecule has 3 saturated heterocycles. The maximum absolute atomic E-state index is 12.8. The number of carbonyl (C=O) groups excluding carboxylic acids is 1. The minimum atomic E-state index is -0.707. The van der Waals surface area contributed by atoms with Gasteiger partial charge in [0.25, 0.3) is 0 Å². The summed E-state index contributed by atoms with van der Waals surface area (Å²) in [6, 6.07) is 0.897. The summed E-state index contributed by atoms with van der Waals surface area (Å²) in [5, 5.41) is 12.2. The molecule has 3 aliphatic rings. The number of urea groups is 1. The van der Waals surface area contributed by atoms with Crippen LogP contribution >= 0.6 is 0 Å². The molecule has 0 aliphatic carbocycles. The summed E-state index contributed by atoms with van der Waals surface area (Å²) in [7, 11) is 0. The number of hydrogen-bond donors (Lipinski definition) is 2. The van der Waals surface area contributed by atoms with Crippen LogP contribution in [0.25, 0.3) is 0 Å². The van der Waals surface area contributed by atoms with E-state index in [0.29, 0.717) is 12.0 Å². The molecule has 148 valence electrons. The zero-order chi connectivity index (χ0) is 18.4. The highest BCUT2D eigenvalue weighted by Gasteiger charge is 2.30. The van der Waals surface area contributed by atoms with Gasteiger partial charge in [0, 0.05) is 51.7 Å². The Labute approximate surface area is 156 Å². The molecule has 7 heteroatoms. The number of carboxylic acid groups (broad SMARTS) is 1. The summed E-state index contributed by atoms with van der Waals surface area (Å²) < 4.78 is 0. The molecule has 0 bridgehead atoms. The molecule has 3 rings (SSSR count). The molecule has 7 nitrogen and oxygen atoms in total. The van der Waals surface area contributed by atoms with Gasteiger partial charge in [0.15, 0.2) is 0 Å². The van der Waals surface area contributed by atoms with Gasteiger partial charge in [0.1, 0.15) is 0 Å². The minimum Gasteiger partial charge on any atom is -0.481 e. The zero-order valence-corrected chi connectivity index (χ0v) is 15.9. The van der Waals surface area contributed by atoms with Crippen LogP contribution in [0.1, 0.15) is 44.9 Å². The monoisotopic (exact) mass is 366 g/mol. The number of nitrogens with one attached hydrogen (secondary N) is 1. The fraction of sp³-hybridized carbons (Fsp3) is 0.895. The lowest BCUT2D eigenvalue weighted by Crippen LogP contribution is -2.56. The predicted molar refractivity (Wildman–Crippen MR) is 100 cm³/mol. The molecule has 2 amide bonds. The summed E-state index contributed by atoms with van der Waals surface area (Å²) in [4.78, 5) is 30.0. The average molecular weight is 367 g/mol. The standard InChI is InChI=1S/C19H34N4O3/c24-18(25)3-1-2-16-6-10-22(11-7-16)19(26)23-14-12-21(13-15-23)17-4-8-20-9-5-17/h16-17,20H,1-15H2,(H,24,25). The molecule has 0 unspecified atom stereocenters. The van der Waals surface area contributed by atoms with Gasteiger partial charge in [-0.3, -0.25) is 9.69 Å². The van der Waals surface area contributed by atoms with Gasteiger partial charge in [0.05, 0.1) is 0 Å². The Bertz CT molecular complexity index is 465. The van der Waals surface area contributed by atoms with Crippen LogP contribution in [0.15, 0.2) is 0 Å². The summed E-state index contributed by atoms with van der Waals surface area (Å²) in [5.74, 6) is -0.128. The van der Waals surface area contributed by atoms with E-state index in [4.69, 9.17) is 5.11 Å². The average Bonchev–Trinajstić information content (AvgIpc) is 2.68. The topological polar surface area (TPSA) is 76.1 Å². The van der Waals surface area contributed by atoms with E-state index in [9.17, 15) is 9.59 Å². The van der Waals surface area contributed by atoms with E-state index in [2.05, 4.69) is 10.2 Å². The molecule has 0 spiro atoms. The smallest absolute Gasteiger partial charge is 0.320 e. The lowest BCUT2D eigenvalue weighted by atomic mass is 9.91. The molecular weight excluding hydrogens is 332 g/mol. The van der Waals surface area contributed by atoms with Crippen molar-refractivity contribution in [3.8, 4) is 0 Å². The number of piperidine rings is 2. The molecule has 3 fully saturated rings. The second kappa shape index (κ2) is 9.55. The number of amides is 2. The van der Waals surface area contributed by atoms with Crippen molar-refractivity contribution in [2.24, 2.45) is 5.92 Å². The van der Waals surface area contributed by atoms with Gasteiger partial charge in [-0.2, -0.15) is 0 Å². The van der Waals surface area contributed by atoms with Gasteiger partial charge in [-0.15, -0.1) is 0 Å². The zero-order valence-electron chi connectivity index (χ0n) is 15.9. The third-order valence-electron chi connectivity index (χ3n) is 6.30. The third-order valence-corrected chi connectivity index (χ3v) is 6.30. The van der Waals surface area contributed by atoms with E-state index < -0.39 is 5.97 Å². The first-order chi connectivity index (χ1) is 12.6. The Morgan fingerprint density at radius 3 is 2.12 bits per heavy atom. The largest absolute Gasteiger partial charge is 0.481 e. The Balaban J connectivity index is 1.36. The Hall–Kier alpha value is -1.34. The Morgan fingerprint density at radius 1 is 0.885 bits per heavy atom. The van der Waals surface area contributed by atoms with Gasteiger partial charge in [-0.1, -0.05) is 0 Å². The summed E-state index contributed by atoms with van der Waals surface area (Å²) >= 11 is 0. The summed E-state index contributed by atoms with van der Waals surface area (Å²) in [5.41, 5.74) is 0. The van der Waals surface area contributed by atoms with Gasteiger partial charge in [-0.25, -0.2) is 4.79 Å². The second-order valence-electron chi connectivity index (χ2n) is 8.00. The van der Waals surface area contributed by atoms with E-state index >= 15 is 0 Å². The molecule has 0 aromatic heterocycles. The first-order valence-electron chi connectivity index (χ1n) is 10.3. The van der Waals surface area contributed by atoms with Crippen molar-refractivity contribution in [2.75, 3.05) is 52.4 Å². The molecule has 2 N–H and O–H groups in total. The van der Waals surface area contributed by atoms with E-state index in [-0.39, 0.29) is 12.5 Å². The molecule has 3 heterocycles. The highest BCUT2D eigenvalue weighted by atomic mass is 16.4. The van der Waals surface area contributed by atoms with Crippen LogP contribution in [-0.2, 0) is 4.79 Å². The number of aliphatic carboxylic acids is 1. The molecule has 26 heavy (non-hydrogen) atoms. The number of nitrogens with zero attached hydrogens (tertiary/aromatic N) is 3. The molecular formula is C19H34N4O3. The molecule has 0 aromatic carbocycles. The van der Waals surface area contributed by atoms with Crippen LogP contribution in [0.5, 0.6) is 0 Å². The number of hydrogen-bond acceptors (Lipinski definition) is 4. The Kier molecular flexibility index (Phi) is 7.14. The minimum absolute atomic E-state index is 0.207. The number of carboxylic acids is 1. The van der Waals surface area contributed by atoms with Gasteiger partial charge < -0.3 is 20.2 Å². The summed E-state index contributed by atoms with van der Waals surface area (Å²) in [6.07, 6.45) is 6.48. The highest BCUT2D eigenvalue weighted by molar-refractivity contribution is 5.74. The SMILES string of the molecule is O=C(O)CCCC1CCN(C(=O)N2CCN(C3CCNCC3)CC2)CC1.